The number of hydrogen-bond donors (Lipinski definition) is 2. The second-order valence-electron chi connectivity index (χ2n) is 5.97. The molecule has 1 fully saturated rings. The van der Waals surface area contributed by atoms with Crippen LogP contribution < -0.4 is 5.32 Å². The highest BCUT2D eigenvalue weighted by molar-refractivity contribution is 5.97. The standard InChI is InChI=1S/C19H16N2O2/c22-16-5-2-12(3-6-16)17-10-18(17)19(23)21-15-4-1-14-11-20-8-7-13(14)9-15/h1-9,11,17-18,22H,10H2,(H,21,23)/t17-,18+/m0/s1. The van der Waals surface area contributed by atoms with Crippen LogP contribution in [0.15, 0.2) is 60.9 Å². The number of rotatable bonds is 3. The molecular formula is C19H16N2O2. The van der Waals surface area contributed by atoms with E-state index in [1.54, 1.807) is 18.3 Å². The minimum absolute atomic E-state index is 0.00711. The normalized spacial score (nSPS) is 19.5. The van der Waals surface area contributed by atoms with Gasteiger partial charge in [-0.2, -0.15) is 0 Å². The maximum Gasteiger partial charge on any atom is 0.228 e. The van der Waals surface area contributed by atoms with Crippen molar-refractivity contribution in [3.63, 3.8) is 0 Å². The molecule has 0 bridgehead atoms. The fourth-order valence-corrected chi connectivity index (χ4v) is 2.97. The van der Waals surface area contributed by atoms with Gasteiger partial charge in [-0.15, -0.1) is 0 Å². The van der Waals surface area contributed by atoms with E-state index in [9.17, 15) is 9.90 Å². The molecule has 4 heteroatoms. The lowest BCUT2D eigenvalue weighted by atomic mass is 10.1. The van der Waals surface area contributed by atoms with Crippen molar-refractivity contribution in [2.24, 2.45) is 5.92 Å². The van der Waals surface area contributed by atoms with Gasteiger partial charge in [0.25, 0.3) is 0 Å². The minimum atomic E-state index is 0.00711. The molecule has 4 nitrogen and oxygen atoms in total. The molecule has 2 N–H and O–H groups in total. The molecule has 1 aliphatic carbocycles. The first-order chi connectivity index (χ1) is 11.2. The first-order valence-corrected chi connectivity index (χ1v) is 7.64. The molecule has 1 aliphatic rings. The predicted molar refractivity (Wildman–Crippen MR) is 89.3 cm³/mol. The lowest BCUT2D eigenvalue weighted by molar-refractivity contribution is -0.117. The molecule has 1 aromatic heterocycles. The molecule has 0 unspecified atom stereocenters. The number of hydrogen-bond acceptors (Lipinski definition) is 3. The van der Waals surface area contributed by atoms with E-state index in [4.69, 9.17) is 0 Å². The van der Waals surface area contributed by atoms with Crippen molar-refractivity contribution in [2.45, 2.75) is 12.3 Å². The lowest BCUT2D eigenvalue weighted by Crippen LogP contribution is -2.14. The van der Waals surface area contributed by atoms with E-state index in [2.05, 4.69) is 10.3 Å². The van der Waals surface area contributed by atoms with E-state index in [1.165, 1.54) is 0 Å². The Morgan fingerprint density at radius 2 is 1.91 bits per heavy atom. The summed E-state index contributed by atoms with van der Waals surface area (Å²) >= 11 is 0. The molecular weight excluding hydrogens is 288 g/mol. The fourth-order valence-electron chi connectivity index (χ4n) is 2.97. The number of carbonyl (C=O) groups is 1. The average Bonchev–Trinajstić information content (AvgIpc) is 3.36. The van der Waals surface area contributed by atoms with Crippen LogP contribution in [0.5, 0.6) is 5.75 Å². The number of benzene rings is 2. The van der Waals surface area contributed by atoms with E-state index in [1.807, 2.05) is 42.6 Å². The largest absolute Gasteiger partial charge is 0.508 e. The summed E-state index contributed by atoms with van der Waals surface area (Å²) in [5.41, 5.74) is 1.91. The maximum atomic E-state index is 12.4. The zero-order chi connectivity index (χ0) is 15.8. The lowest BCUT2D eigenvalue weighted by Gasteiger charge is -2.06. The van der Waals surface area contributed by atoms with Gasteiger partial charge in [0.2, 0.25) is 5.91 Å². The van der Waals surface area contributed by atoms with E-state index in [0.29, 0.717) is 0 Å². The van der Waals surface area contributed by atoms with Crippen molar-refractivity contribution in [3.8, 4) is 5.75 Å². The number of pyridine rings is 1. The fraction of sp³-hybridized carbons (Fsp3) is 0.158. The van der Waals surface area contributed by atoms with Crippen LogP contribution in [0.3, 0.4) is 0 Å². The molecule has 0 radical (unpaired) electrons. The number of anilines is 1. The van der Waals surface area contributed by atoms with Crippen LogP contribution in [0, 0.1) is 5.92 Å². The third kappa shape index (κ3) is 2.75. The third-order valence-electron chi connectivity index (χ3n) is 4.36. The van der Waals surface area contributed by atoms with Crippen molar-refractivity contribution in [3.05, 3.63) is 66.5 Å². The Morgan fingerprint density at radius 3 is 2.74 bits per heavy atom. The Morgan fingerprint density at radius 1 is 1.09 bits per heavy atom. The number of nitrogens with zero attached hydrogens (tertiary/aromatic N) is 1. The second kappa shape index (κ2) is 5.39. The van der Waals surface area contributed by atoms with Crippen molar-refractivity contribution < 1.29 is 9.90 Å². The van der Waals surface area contributed by atoms with Gasteiger partial charge < -0.3 is 10.4 Å². The quantitative estimate of drug-likeness (QED) is 0.776. The number of amides is 1. The first-order valence-electron chi connectivity index (χ1n) is 7.64. The van der Waals surface area contributed by atoms with Crippen LogP contribution >= 0.6 is 0 Å². The average molecular weight is 304 g/mol. The van der Waals surface area contributed by atoms with Crippen LogP contribution in [0.4, 0.5) is 5.69 Å². The molecule has 0 saturated heterocycles. The summed E-state index contributed by atoms with van der Waals surface area (Å²) in [5, 5.41) is 14.4. The van der Waals surface area contributed by atoms with E-state index < -0.39 is 0 Å². The molecule has 2 atom stereocenters. The molecule has 1 amide bonds. The van der Waals surface area contributed by atoms with Crippen LogP contribution in [-0.4, -0.2) is 16.0 Å². The maximum absolute atomic E-state index is 12.4. The predicted octanol–water partition coefficient (Wildman–Crippen LogP) is 3.68. The topological polar surface area (TPSA) is 62.2 Å². The molecule has 3 aromatic rings. The highest BCUT2D eigenvalue weighted by Crippen LogP contribution is 2.48. The number of aromatic nitrogens is 1. The number of phenolic OH excluding ortho intramolecular Hbond substituents is 1. The smallest absolute Gasteiger partial charge is 0.228 e. The van der Waals surface area contributed by atoms with Gasteiger partial charge in [-0.1, -0.05) is 18.2 Å². The van der Waals surface area contributed by atoms with Gasteiger partial charge in [0, 0.05) is 29.4 Å². The number of carbonyl (C=O) groups excluding carboxylic acids is 1. The second-order valence-corrected chi connectivity index (χ2v) is 5.97. The minimum Gasteiger partial charge on any atom is -0.508 e. The third-order valence-corrected chi connectivity index (χ3v) is 4.36. The highest BCUT2D eigenvalue weighted by atomic mass is 16.3. The number of fused-ring (bicyclic) bond motifs is 1. The first kappa shape index (κ1) is 13.8. The van der Waals surface area contributed by atoms with Crippen molar-refractivity contribution in [1.29, 1.82) is 0 Å². The Kier molecular flexibility index (Phi) is 3.23. The number of phenols is 1. The monoisotopic (exact) mass is 304 g/mol. The Balaban J connectivity index is 1.46. The molecule has 0 aliphatic heterocycles. The van der Waals surface area contributed by atoms with Crippen LogP contribution in [0.1, 0.15) is 17.9 Å². The van der Waals surface area contributed by atoms with Gasteiger partial charge in [-0.05, 0) is 53.6 Å². The van der Waals surface area contributed by atoms with Crippen LogP contribution in [0.2, 0.25) is 0 Å². The van der Waals surface area contributed by atoms with Gasteiger partial charge >= 0.3 is 0 Å². The summed E-state index contributed by atoms with van der Waals surface area (Å²) in [6.45, 7) is 0. The Labute approximate surface area is 133 Å². The molecule has 114 valence electrons. The van der Waals surface area contributed by atoms with Gasteiger partial charge in [-0.3, -0.25) is 9.78 Å². The van der Waals surface area contributed by atoms with Gasteiger partial charge in [-0.25, -0.2) is 0 Å². The summed E-state index contributed by atoms with van der Waals surface area (Å²) in [7, 11) is 0. The molecule has 1 heterocycles. The van der Waals surface area contributed by atoms with Crippen molar-refractivity contribution in [1.82, 2.24) is 4.98 Å². The van der Waals surface area contributed by atoms with E-state index in [-0.39, 0.29) is 23.5 Å². The molecule has 2 aromatic carbocycles. The summed E-state index contributed by atoms with van der Waals surface area (Å²) in [5.74, 6) is 0.561. The zero-order valence-corrected chi connectivity index (χ0v) is 12.4. The Hall–Kier alpha value is -2.88. The van der Waals surface area contributed by atoms with Crippen LogP contribution in [0.25, 0.3) is 10.8 Å². The molecule has 23 heavy (non-hydrogen) atoms. The molecule has 4 rings (SSSR count). The van der Waals surface area contributed by atoms with Gasteiger partial charge in [0.15, 0.2) is 0 Å². The van der Waals surface area contributed by atoms with E-state index >= 15 is 0 Å². The SMILES string of the molecule is O=C(Nc1ccc2cnccc2c1)[C@@H]1C[C@H]1c1ccc(O)cc1. The molecule has 1 saturated carbocycles. The summed E-state index contributed by atoms with van der Waals surface area (Å²) < 4.78 is 0. The summed E-state index contributed by atoms with van der Waals surface area (Å²) in [6, 6.07) is 14.9. The number of aromatic hydroxyl groups is 1. The van der Waals surface area contributed by atoms with Crippen LogP contribution in [-0.2, 0) is 4.79 Å². The van der Waals surface area contributed by atoms with Gasteiger partial charge in [0.05, 0.1) is 0 Å². The van der Waals surface area contributed by atoms with Gasteiger partial charge in [0.1, 0.15) is 5.75 Å². The summed E-state index contributed by atoms with van der Waals surface area (Å²) in [6.07, 6.45) is 4.41. The van der Waals surface area contributed by atoms with Crippen molar-refractivity contribution >= 4 is 22.4 Å². The Bertz CT molecular complexity index is 874. The van der Waals surface area contributed by atoms with E-state index in [0.717, 1.165) is 28.4 Å². The summed E-state index contributed by atoms with van der Waals surface area (Å²) in [4.78, 5) is 16.5. The van der Waals surface area contributed by atoms with Crippen molar-refractivity contribution in [2.75, 3.05) is 5.32 Å². The number of nitrogens with one attached hydrogen (secondary N) is 1. The highest BCUT2D eigenvalue weighted by Gasteiger charge is 2.43. The zero-order valence-electron chi connectivity index (χ0n) is 12.4. The molecule has 0 spiro atoms.